The van der Waals surface area contributed by atoms with Crippen LogP contribution in [-0.2, 0) is 6.42 Å². The highest BCUT2D eigenvalue weighted by molar-refractivity contribution is 5.51. The number of halogens is 2. The van der Waals surface area contributed by atoms with Gasteiger partial charge in [0.2, 0.25) is 0 Å². The van der Waals surface area contributed by atoms with Crippen LogP contribution < -0.4 is 0 Å². The monoisotopic (exact) mass is 452 g/mol. The van der Waals surface area contributed by atoms with E-state index in [9.17, 15) is 8.78 Å². The molecule has 0 spiro atoms. The summed E-state index contributed by atoms with van der Waals surface area (Å²) in [5.41, 5.74) is 5.45. The number of rotatable bonds is 2. The van der Waals surface area contributed by atoms with E-state index in [1.54, 1.807) is 0 Å². The van der Waals surface area contributed by atoms with Gasteiger partial charge in [-0.1, -0.05) is 61.1 Å². The molecule has 172 valence electrons. The molecule has 0 amide bonds. The molecule has 4 rings (SSSR count). The summed E-state index contributed by atoms with van der Waals surface area (Å²) < 4.78 is 29.4. The Kier molecular flexibility index (Phi) is 7.49. The van der Waals surface area contributed by atoms with Gasteiger partial charge in [0.25, 0.3) is 0 Å². The van der Waals surface area contributed by atoms with E-state index in [0.29, 0.717) is 17.9 Å². The molecule has 3 aromatic carbocycles. The zero-order valence-corrected chi connectivity index (χ0v) is 20.1. The molecular formula is C32H30F2. The van der Waals surface area contributed by atoms with Crippen molar-refractivity contribution >= 4 is 0 Å². The van der Waals surface area contributed by atoms with Gasteiger partial charge in [0.1, 0.15) is 11.6 Å². The average Bonchev–Trinajstić information content (AvgIpc) is 2.81. The minimum absolute atomic E-state index is 0.206. The molecule has 1 saturated carbocycles. The van der Waals surface area contributed by atoms with Gasteiger partial charge >= 0.3 is 0 Å². The first-order valence-electron chi connectivity index (χ1n) is 12.1. The lowest BCUT2D eigenvalue weighted by atomic mass is 9.80. The summed E-state index contributed by atoms with van der Waals surface area (Å²) in [5, 5.41) is 0. The highest BCUT2D eigenvalue weighted by Crippen LogP contribution is 2.32. The Morgan fingerprint density at radius 1 is 0.706 bits per heavy atom. The molecule has 0 heterocycles. The standard InChI is InChI=1S/C32H30F2/c1-22-4-8-25(9-5-22)12-13-26-14-16-29(24(3)18-26)17-15-28-20-31(33)30(32(34)21-28)19-27-10-6-23(2)7-11-27/h4-5,8-9,14,16,18,20-21,23,27H,6-7,10-11,19H2,1-3H3. The molecule has 1 fully saturated rings. The van der Waals surface area contributed by atoms with E-state index in [1.165, 1.54) is 17.7 Å². The quantitative estimate of drug-likeness (QED) is 0.349. The molecule has 3 aromatic rings. The van der Waals surface area contributed by atoms with Crippen LogP contribution in [0.4, 0.5) is 8.78 Å². The molecule has 0 radical (unpaired) electrons. The second kappa shape index (κ2) is 10.7. The van der Waals surface area contributed by atoms with Gasteiger partial charge in [0.15, 0.2) is 0 Å². The summed E-state index contributed by atoms with van der Waals surface area (Å²) in [5.74, 6) is 12.5. The van der Waals surface area contributed by atoms with Crippen molar-refractivity contribution in [1.82, 2.24) is 0 Å². The molecule has 1 aliphatic carbocycles. The fourth-order valence-electron chi connectivity index (χ4n) is 4.49. The maximum absolute atomic E-state index is 14.7. The van der Waals surface area contributed by atoms with Gasteiger partial charge in [-0.2, -0.15) is 0 Å². The van der Waals surface area contributed by atoms with Gasteiger partial charge in [-0.25, -0.2) is 8.78 Å². The van der Waals surface area contributed by atoms with Crippen molar-refractivity contribution in [3.63, 3.8) is 0 Å². The lowest BCUT2D eigenvalue weighted by Gasteiger charge is -2.26. The first-order chi connectivity index (χ1) is 16.4. The zero-order chi connectivity index (χ0) is 24.1. The SMILES string of the molecule is Cc1ccc(C#Cc2ccc(C#Cc3cc(F)c(CC4CCC(C)CC4)c(F)c3)c(C)c2)cc1. The molecule has 1 aliphatic rings. The van der Waals surface area contributed by atoms with Crippen LogP contribution >= 0.6 is 0 Å². The normalized spacial score (nSPS) is 17.3. The van der Waals surface area contributed by atoms with Crippen LogP contribution in [-0.4, -0.2) is 0 Å². The molecular weight excluding hydrogens is 422 g/mol. The zero-order valence-electron chi connectivity index (χ0n) is 20.1. The molecule has 0 nitrogen and oxygen atoms in total. The lowest BCUT2D eigenvalue weighted by molar-refractivity contribution is 0.285. The number of benzene rings is 3. The fraction of sp³-hybridized carbons (Fsp3) is 0.312. The van der Waals surface area contributed by atoms with Gasteiger partial charge in [-0.3, -0.25) is 0 Å². The van der Waals surface area contributed by atoms with E-state index in [-0.39, 0.29) is 5.56 Å². The van der Waals surface area contributed by atoms with E-state index >= 15 is 0 Å². The first kappa shape index (κ1) is 23.8. The van der Waals surface area contributed by atoms with Crippen LogP contribution in [0.1, 0.15) is 71.6 Å². The van der Waals surface area contributed by atoms with E-state index in [2.05, 4.69) is 37.5 Å². The Balaban J connectivity index is 1.47. The van der Waals surface area contributed by atoms with Gasteiger partial charge in [-0.15, -0.1) is 0 Å². The van der Waals surface area contributed by atoms with Gasteiger partial charge in [0.05, 0.1) is 0 Å². The fourth-order valence-corrected chi connectivity index (χ4v) is 4.49. The number of hydrogen-bond donors (Lipinski definition) is 0. The smallest absolute Gasteiger partial charge is 0.130 e. The molecule has 0 N–H and O–H groups in total. The molecule has 0 bridgehead atoms. The maximum atomic E-state index is 14.7. The predicted molar refractivity (Wildman–Crippen MR) is 136 cm³/mol. The molecule has 0 saturated heterocycles. The topological polar surface area (TPSA) is 0 Å². The van der Waals surface area contributed by atoms with Gasteiger partial charge in [0, 0.05) is 27.8 Å². The molecule has 2 heteroatoms. The van der Waals surface area contributed by atoms with Crippen LogP contribution in [0, 0.1) is 61.0 Å². The van der Waals surface area contributed by atoms with Crippen LogP contribution in [0.3, 0.4) is 0 Å². The highest BCUT2D eigenvalue weighted by atomic mass is 19.1. The van der Waals surface area contributed by atoms with Crippen molar-refractivity contribution in [2.75, 3.05) is 0 Å². The minimum atomic E-state index is -0.485. The minimum Gasteiger partial charge on any atom is -0.207 e. The number of aryl methyl sites for hydroxylation is 2. The number of hydrogen-bond acceptors (Lipinski definition) is 0. The van der Waals surface area contributed by atoms with Crippen LogP contribution in [0.25, 0.3) is 0 Å². The molecule has 0 aromatic heterocycles. The Morgan fingerprint density at radius 3 is 1.94 bits per heavy atom. The second-order valence-corrected chi connectivity index (χ2v) is 9.64. The van der Waals surface area contributed by atoms with Crippen molar-refractivity contribution in [3.05, 3.63) is 105 Å². The summed E-state index contributed by atoms with van der Waals surface area (Å²) in [6.45, 7) is 6.27. The van der Waals surface area contributed by atoms with Gasteiger partial charge < -0.3 is 0 Å². The van der Waals surface area contributed by atoms with Crippen molar-refractivity contribution in [3.8, 4) is 23.7 Å². The Morgan fingerprint density at radius 2 is 1.29 bits per heavy atom. The van der Waals surface area contributed by atoms with Crippen molar-refractivity contribution in [2.24, 2.45) is 11.8 Å². The molecule has 34 heavy (non-hydrogen) atoms. The van der Waals surface area contributed by atoms with Crippen molar-refractivity contribution in [2.45, 2.75) is 52.9 Å². The third-order valence-electron chi connectivity index (χ3n) is 6.74. The molecule has 0 unspecified atom stereocenters. The van der Waals surface area contributed by atoms with E-state index in [0.717, 1.165) is 53.9 Å². The largest absolute Gasteiger partial charge is 0.207 e. The lowest BCUT2D eigenvalue weighted by Crippen LogP contribution is -2.15. The summed E-state index contributed by atoms with van der Waals surface area (Å²) in [4.78, 5) is 0. The average molecular weight is 453 g/mol. The summed E-state index contributed by atoms with van der Waals surface area (Å²) in [7, 11) is 0. The predicted octanol–water partition coefficient (Wildman–Crippen LogP) is 7.75. The van der Waals surface area contributed by atoms with E-state index in [4.69, 9.17) is 0 Å². The molecule has 0 aliphatic heterocycles. The summed E-state index contributed by atoms with van der Waals surface area (Å²) in [6, 6.07) is 16.7. The third kappa shape index (κ3) is 6.15. The van der Waals surface area contributed by atoms with Crippen LogP contribution in [0.15, 0.2) is 54.6 Å². The summed E-state index contributed by atoms with van der Waals surface area (Å²) in [6.07, 6.45) is 4.86. The van der Waals surface area contributed by atoms with Crippen molar-refractivity contribution < 1.29 is 8.78 Å². The third-order valence-corrected chi connectivity index (χ3v) is 6.74. The summed E-state index contributed by atoms with van der Waals surface area (Å²) >= 11 is 0. The Bertz CT molecular complexity index is 1260. The van der Waals surface area contributed by atoms with E-state index in [1.807, 2.05) is 49.4 Å². The Labute approximate surface area is 202 Å². The highest BCUT2D eigenvalue weighted by Gasteiger charge is 2.21. The van der Waals surface area contributed by atoms with Crippen molar-refractivity contribution in [1.29, 1.82) is 0 Å². The van der Waals surface area contributed by atoms with E-state index < -0.39 is 11.6 Å². The Hall–Kier alpha value is -3.36. The molecule has 0 atom stereocenters. The van der Waals surface area contributed by atoms with Gasteiger partial charge in [-0.05, 0) is 93.0 Å². The first-order valence-corrected chi connectivity index (χ1v) is 12.1. The second-order valence-electron chi connectivity index (χ2n) is 9.64. The van der Waals surface area contributed by atoms with Crippen LogP contribution in [0.5, 0.6) is 0 Å². The van der Waals surface area contributed by atoms with Crippen LogP contribution in [0.2, 0.25) is 0 Å². The maximum Gasteiger partial charge on any atom is 0.130 e.